The van der Waals surface area contributed by atoms with E-state index in [0.29, 0.717) is 25.7 Å². The number of phosphoric acid groups is 2. The molecule has 0 fully saturated rings. The van der Waals surface area contributed by atoms with Crippen LogP contribution >= 0.6 is 15.6 Å². The van der Waals surface area contributed by atoms with Crippen molar-refractivity contribution in [2.45, 2.75) is 296 Å². The van der Waals surface area contributed by atoms with E-state index in [9.17, 15) is 43.2 Å². The lowest BCUT2D eigenvalue weighted by Gasteiger charge is -2.21. The largest absolute Gasteiger partial charge is 0.472 e. The zero-order valence-electron chi connectivity index (χ0n) is 47.5. The minimum Gasteiger partial charge on any atom is -0.462 e. The molecule has 0 aliphatic heterocycles. The number of carbonyl (C=O) groups excluding carboxylic acids is 4. The minimum atomic E-state index is -4.93. The second-order valence-corrected chi connectivity index (χ2v) is 23.2. The average molecular weight is 1120 g/mol. The molecular weight excluding hydrogens is 1010 g/mol. The van der Waals surface area contributed by atoms with E-state index < -0.39 is 97.5 Å². The predicted octanol–water partition coefficient (Wildman–Crippen LogP) is 14.8. The van der Waals surface area contributed by atoms with Gasteiger partial charge in [0.05, 0.1) is 26.4 Å². The summed E-state index contributed by atoms with van der Waals surface area (Å²) in [6.45, 7) is 4.75. The summed E-state index contributed by atoms with van der Waals surface area (Å²) >= 11 is 0. The van der Waals surface area contributed by atoms with Crippen LogP contribution in [0.4, 0.5) is 0 Å². The molecular formula is C56H108O17P2. The van der Waals surface area contributed by atoms with Crippen molar-refractivity contribution < 1.29 is 80.2 Å². The smallest absolute Gasteiger partial charge is 0.462 e. The second kappa shape index (κ2) is 51.5. The third kappa shape index (κ3) is 51.3. The number of hydrogen-bond acceptors (Lipinski definition) is 15. The molecule has 0 aliphatic carbocycles. The molecule has 0 amide bonds. The van der Waals surface area contributed by atoms with Gasteiger partial charge in [0.2, 0.25) is 0 Å². The van der Waals surface area contributed by atoms with Crippen LogP contribution in [0.5, 0.6) is 0 Å². The molecule has 0 aromatic heterocycles. The Morgan fingerprint density at radius 1 is 0.320 bits per heavy atom. The topological polar surface area (TPSA) is 237 Å². The van der Waals surface area contributed by atoms with Gasteiger partial charge in [-0.2, -0.15) is 0 Å². The highest BCUT2D eigenvalue weighted by Gasteiger charge is 2.30. The van der Waals surface area contributed by atoms with Crippen LogP contribution < -0.4 is 0 Å². The van der Waals surface area contributed by atoms with Crippen LogP contribution in [0.2, 0.25) is 0 Å². The van der Waals surface area contributed by atoms with E-state index in [1.165, 1.54) is 89.9 Å². The molecule has 5 atom stereocenters. The van der Waals surface area contributed by atoms with Crippen molar-refractivity contribution in [2.75, 3.05) is 39.6 Å². The van der Waals surface area contributed by atoms with Gasteiger partial charge in [0.15, 0.2) is 12.2 Å². The second-order valence-electron chi connectivity index (χ2n) is 20.3. The van der Waals surface area contributed by atoms with Crippen molar-refractivity contribution >= 4 is 39.5 Å². The van der Waals surface area contributed by atoms with Crippen molar-refractivity contribution in [3.05, 3.63) is 0 Å². The van der Waals surface area contributed by atoms with E-state index in [2.05, 4.69) is 27.7 Å². The summed E-state index contributed by atoms with van der Waals surface area (Å²) in [6.07, 6.45) is 33.6. The van der Waals surface area contributed by atoms with Crippen molar-refractivity contribution in [3.8, 4) is 0 Å². The molecule has 0 spiro atoms. The molecule has 75 heavy (non-hydrogen) atoms. The van der Waals surface area contributed by atoms with Gasteiger partial charge in [-0.25, -0.2) is 9.13 Å². The zero-order valence-corrected chi connectivity index (χ0v) is 49.3. The first-order valence-corrected chi connectivity index (χ1v) is 32.8. The maximum atomic E-state index is 12.9. The molecule has 0 aromatic carbocycles. The highest BCUT2D eigenvalue weighted by Crippen LogP contribution is 2.45. The fraction of sp³-hybridized carbons (Fsp3) is 0.929. The first-order valence-electron chi connectivity index (χ1n) is 29.8. The van der Waals surface area contributed by atoms with Crippen molar-refractivity contribution in [1.29, 1.82) is 0 Å². The molecule has 3 N–H and O–H groups in total. The maximum absolute atomic E-state index is 12.9. The summed E-state index contributed by atoms with van der Waals surface area (Å²) in [5, 5.41) is 10.5. The monoisotopic (exact) mass is 1110 g/mol. The van der Waals surface area contributed by atoms with E-state index in [-0.39, 0.29) is 25.7 Å². The third-order valence-electron chi connectivity index (χ3n) is 12.9. The van der Waals surface area contributed by atoms with Crippen LogP contribution in [-0.2, 0) is 65.4 Å². The molecule has 17 nitrogen and oxygen atoms in total. The first-order chi connectivity index (χ1) is 36.2. The summed E-state index contributed by atoms with van der Waals surface area (Å²) in [4.78, 5) is 71.6. The number of ether oxygens (including phenoxy) is 4. The number of aliphatic hydroxyl groups excluding tert-OH is 1. The molecule has 0 heterocycles. The van der Waals surface area contributed by atoms with Crippen LogP contribution in [-0.4, -0.2) is 96.7 Å². The molecule has 0 bridgehead atoms. The summed E-state index contributed by atoms with van der Waals surface area (Å²) in [5.74, 6) is -2.15. The third-order valence-corrected chi connectivity index (χ3v) is 14.8. The Labute approximate surface area is 454 Å². The van der Waals surface area contributed by atoms with E-state index in [1.54, 1.807) is 0 Å². The SMILES string of the molecule is CCCCCCCCCCCCC(=O)OC[C@H](COP(=O)(O)OC[C@@H](O)COP(=O)(O)OC[C@@H](COC(=O)CCCCCCCCCC)OC(=O)CCCCCCCCC)OC(=O)CCCCCCCCCCCC. The van der Waals surface area contributed by atoms with E-state index >= 15 is 0 Å². The Balaban J connectivity index is 5.19. The number of esters is 4. The number of hydrogen-bond donors (Lipinski definition) is 3. The molecule has 0 rings (SSSR count). The van der Waals surface area contributed by atoms with E-state index in [1.807, 2.05) is 0 Å². The molecule has 2 unspecified atom stereocenters. The van der Waals surface area contributed by atoms with Crippen LogP contribution in [0, 0.1) is 0 Å². The van der Waals surface area contributed by atoms with Crippen LogP contribution in [0.1, 0.15) is 278 Å². The standard InChI is InChI=1S/C56H108O17P2/c1-5-9-13-17-21-24-26-30-33-37-41-54(59)67-47-52(73-56(61)43-39-35-31-27-25-22-18-14-10-6-2)49-71-75(64,65)69-45-50(57)44-68-74(62,63)70-48-51(72-55(60)42-38-34-28-20-16-12-8-4)46-66-53(58)40-36-32-29-23-19-15-11-7-3/h50-52,57H,5-49H2,1-4H3,(H,62,63)(H,64,65)/t50-,51+,52+/m0/s1. The number of rotatable bonds is 57. The van der Waals surface area contributed by atoms with Crippen molar-refractivity contribution in [1.82, 2.24) is 0 Å². The van der Waals surface area contributed by atoms with Gasteiger partial charge in [0, 0.05) is 25.7 Å². The Hall–Kier alpha value is -1.94. The Morgan fingerprint density at radius 2 is 0.533 bits per heavy atom. The van der Waals surface area contributed by atoms with Crippen molar-refractivity contribution in [3.63, 3.8) is 0 Å². The lowest BCUT2D eigenvalue weighted by atomic mass is 10.1. The van der Waals surface area contributed by atoms with Crippen LogP contribution in [0.15, 0.2) is 0 Å². The molecule has 0 radical (unpaired) electrons. The van der Waals surface area contributed by atoms with Crippen LogP contribution in [0.3, 0.4) is 0 Å². The number of phosphoric ester groups is 2. The fourth-order valence-electron chi connectivity index (χ4n) is 8.22. The molecule has 0 saturated heterocycles. The lowest BCUT2D eigenvalue weighted by Crippen LogP contribution is -2.30. The number of unbranched alkanes of at least 4 members (excludes halogenated alkanes) is 31. The molecule has 0 aromatic rings. The van der Waals surface area contributed by atoms with Gasteiger partial charge in [-0.15, -0.1) is 0 Å². The average Bonchev–Trinajstić information content (AvgIpc) is 3.38. The van der Waals surface area contributed by atoms with E-state index in [0.717, 1.165) is 109 Å². The summed E-state index contributed by atoms with van der Waals surface area (Å²) in [7, 11) is -9.86. The molecule has 444 valence electrons. The van der Waals surface area contributed by atoms with Crippen molar-refractivity contribution in [2.24, 2.45) is 0 Å². The van der Waals surface area contributed by atoms with Gasteiger partial charge < -0.3 is 33.8 Å². The first kappa shape index (κ1) is 73.1. The number of aliphatic hydroxyl groups is 1. The quantitative estimate of drug-likeness (QED) is 0.0222. The van der Waals surface area contributed by atoms with Gasteiger partial charge in [0.25, 0.3) is 0 Å². The van der Waals surface area contributed by atoms with E-state index in [4.69, 9.17) is 37.0 Å². The van der Waals surface area contributed by atoms with Gasteiger partial charge in [0.1, 0.15) is 19.3 Å². The Kier molecular flexibility index (Phi) is 50.2. The highest BCUT2D eigenvalue weighted by molar-refractivity contribution is 7.47. The maximum Gasteiger partial charge on any atom is 0.472 e. The summed E-state index contributed by atoms with van der Waals surface area (Å²) < 4.78 is 67.4. The fourth-order valence-corrected chi connectivity index (χ4v) is 9.80. The lowest BCUT2D eigenvalue weighted by molar-refractivity contribution is -0.161. The highest BCUT2D eigenvalue weighted by atomic mass is 31.2. The van der Waals surface area contributed by atoms with Gasteiger partial charge >= 0.3 is 39.5 Å². The number of carbonyl (C=O) groups is 4. The summed E-state index contributed by atoms with van der Waals surface area (Å²) in [5.41, 5.74) is 0. The molecule has 0 saturated carbocycles. The normalized spacial score (nSPS) is 14.4. The van der Waals surface area contributed by atoms with Gasteiger partial charge in [-0.3, -0.25) is 37.3 Å². The van der Waals surface area contributed by atoms with Crippen LogP contribution in [0.25, 0.3) is 0 Å². The molecule has 19 heteroatoms. The predicted molar refractivity (Wildman–Crippen MR) is 294 cm³/mol. The Bertz CT molecular complexity index is 1470. The minimum absolute atomic E-state index is 0.104. The Morgan fingerprint density at radius 3 is 0.787 bits per heavy atom. The van der Waals surface area contributed by atoms with Gasteiger partial charge in [-0.1, -0.05) is 227 Å². The van der Waals surface area contributed by atoms with Gasteiger partial charge in [-0.05, 0) is 25.7 Å². The molecule has 0 aliphatic rings. The zero-order chi connectivity index (χ0) is 55.5. The summed E-state index contributed by atoms with van der Waals surface area (Å²) in [6, 6.07) is 0.